The van der Waals surface area contributed by atoms with Crippen LogP contribution in [0, 0.1) is 27.7 Å². The van der Waals surface area contributed by atoms with Gasteiger partial charge in [-0.2, -0.15) is 0 Å². The molecule has 0 bridgehead atoms. The van der Waals surface area contributed by atoms with Crippen LogP contribution in [0.1, 0.15) is 39.6 Å². The monoisotopic (exact) mass is 363 g/mol. The van der Waals surface area contributed by atoms with E-state index in [2.05, 4.69) is 57.3 Å². The molecule has 0 radical (unpaired) electrons. The highest BCUT2D eigenvalue weighted by Gasteiger charge is 2.22. The topological polar surface area (TPSA) is 66.8 Å². The molecule has 6 heteroatoms. The largest absolute Gasteiger partial charge is 0.310 e. The minimum absolute atomic E-state index is 0.00298. The van der Waals surface area contributed by atoms with Gasteiger partial charge in [0.1, 0.15) is 11.6 Å². The van der Waals surface area contributed by atoms with E-state index in [-0.39, 0.29) is 5.56 Å². The van der Waals surface area contributed by atoms with Gasteiger partial charge in [-0.3, -0.25) is 9.69 Å². The molecule has 6 nitrogen and oxygen atoms in total. The SMILES string of the molecule is Cc1nc2c(c(=O)[nH]1)CN(Cc1cc(C)n(-c3ncccc3C)c1C)CC2. The highest BCUT2D eigenvalue weighted by Crippen LogP contribution is 2.24. The molecule has 3 aromatic rings. The molecule has 0 amide bonds. The standard InChI is InChI=1S/C21H25N5O/c1-13-6-5-8-22-20(13)26-14(2)10-17(15(26)3)11-25-9-7-19-18(12-25)21(27)24-16(4)23-19/h5-6,8,10H,7,9,11-12H2,1-4H3,(H,23,24,27). The van der Waals surface area contributed by atoms with Gasteiger partial charge in [-0.25, -0.2) is 9.97 Å². The predicted molar refractivity (Wildman–Crippen MR) is 105 cm³/mol. The van der Waals surface area contributed by atoms with E-state index < -0.39 is 0 Å². The van der Waals surface area contributed by atoms with Crippen LogP contribution in [0.3, 0.4) is 0 Å². The van der Waals surface area contributed by atoms with Crippen molar-refractivity contribution in [2.45, 2.75) is 47.2 Å². The summed E-state index contributed by atoms with van der Waals surface area (Å²) in [6, 6.07) is 6.28. The number of pyridine rings is 1. The zero-order chi connectivity index (χ0) is 19.1. The molecule has 1 N–H and O–H groups in total. The van der Waals surface area contributed by atoms with Crippen molar-refractivity contribution in [3.05, 3.63) is 74.3 Å². The van der Waals surface area contributed by atoms with Crippen LogP contribution < -0.4 is 5.56 Å². The first-order valence-corrected chi connectivity index (χ1v) is 9.35. The van der Waals surface area contributed by atoms with E-state index in [0.29, 0.717) is 12.4 Å². The van der Waals surface area contributed by atoms with Crippen molar-refractivity contribution in [3.63, 3.8) is 0 Å². The van der Waals surface area contributed by atoms with Crippen molar-refractivity contribution < 1.29 is 0 Å². The van der Waals surface area contributed by atoms with E-state index in [1.807, 2.05) is 19.2 Å². The Morgan fingerprint density at radius 3 is 2.81 bits per heavy atom. The smallest absolute Gasteiger partial charge is 0.255 e. The van der Waals surface area contributed by atoms with Crippen LogP contribution in [0.4, 0.5) is 0 Å². The van der Waals surface area contributed by atoms with Gasteiger partial charge in [-0.15, -0.1) is 0 Å². The molecule has 0 fully saturated rings. The van der Waals surface area contributed by atoms with Crippen molar-refractivity contribution in [1.82, 2.24) is 24.4 Å². The van der Waals surface area contributed by atoms with Crippen molar-refractivity contribution >= 4 is 0 Å². The molecule has 4 rings (SSSR count). The first-order valence-electron chi connectivity index (χ1n) is 9.35. The van der Waals surface area contributed by atoms with Crippen LogP contribution in [-0.2, 0) is 19.5 Å². The van der Waals surface area contributed by atoms with Gasteiger partial charge in [-0.05, 0) is 51.0 Å². The number of rotatable bonds is 3. The number of aryl methyl sites for hydroxylation is 3. The molecule has 0 unspecified atom stereocenters. The molecule has 1 aliphatic heterocycles. The number of nitrogens with zero attached hydrogens (tertiary/aromatic N) is 4. The molecule has 0 spiro atoms. The van der Waals surface area contributed by atoms with Crippen LogP contribution in [-0.4, -0.2) is 31.0 Å². The third kappa shape index (κ3) is 3.21. The lowest BCUT2D eigenvalue weighted by Crippen LogP contribution is -2.35. The molecule has 0 aliphatic carbocycles. The predicted octanol–water partition coefficient (Wildman–Crippen LogP) is 2.75. The average molecular weight is 363 g/mol. The van der Waals surface area contributed by atoms with Gasteiger partial charge in [0.2, 0.25) is 0 Å². The Kier molecular flexibility index (Phi) is 4.44. The minimum Gasteiger partial charge on any atom is -0.310 e. The van der Waals surface area contributed by atoms with Crippen molar-refractivity contribution in [1.29, 1.82) is 0 Å². The number of aromatic amines is 1. The van der Waals surface area contributed by atoms with Gasteiger partial charge in [0.05, 0.1) is 11.3 Å². The van der Waals surface area contributed by atoms with Gasteiger partial charge in [0, 0.05) is 43.6 Å². The fourth-order valence-corrected chi connectivity index (χ4v) is 4.01. The van der Waals surface area contributed by atoms with Crippen molar-refractivity contribution in [2.75, 3.05) is 6.54 Å². The Morgan fingerprint density at radius 1 is 1.22 bits per heavy atom. The number of H-pyrrole nitrogens is 1. The Morgan fingerprint density at radius 2 is 2.04 bits per heavy atom. The Hall–Kier alpha value is -2.73. The molecule has 0 saturated carbocycles. The summed E-state index contributed by atoms with van der Waals surface area (Å²) in [5, 5.41) is 0. The molecule has 27 heavy (non-hydrogen) atoms. The number of aromatic nitrogens is 4. The Labute approximate surface area is 158 Å². The summed E-state index contributed by atoms with van der Waals surface area (Å²) >= 11 is 0. The molecular weight excluding hydrogens is 338 g/mol. The maximum absolute atomic E-state index is 12.3. The number of hydrogen-bond acceptors (Lipinski definition) is 4. The average Bonchev–Trinajstić information content (AvgIpc) is 2.90. The van der Waals surface area contributed by atoms with E-state index in [1.54, 1.807) is 0 Å². The molecule has 0 atom stereocenters. The minimum atomic E-state index is -0.00298. The molecular formula is C21H25N5O. The summed E-state index contributed by atoms with van der Waals surface area (Å²) in [7, 11) is 0. The number of fused-ring (bicyclic) bond motifs is 1. The number of hydrogen-bond donors (Lipinski definition) is 1. The lowest BCUT2D eigenvalue weighted by atomic mass is 10.1. The molecule has 0 aromatic carbocycles. The van der Waals surface area contributed by atoms with Crippen LogP contribution in [0.25, 0.3) is 5.82 Å². The normalized spacial score (nSPS) is 14.4. The molecule has 3 aromatic heterocycles. The Bertz CT molecular complexity index is 1060. The van der Waals surface area contributed by atoms with E-state index in [1.165, 1.54) is 17.0 Å². The quantitative estimate of drug-likeness (QED) is 0.777. The van der Waals surface area contributed by atoms with Crippen LogP contribution in [0.15, 0.2) is 29.2 Å². The van der Waals surface area contributed by atoms with Crippen LogP contribution >= 0.6 is 0 Å². The lowest BCUT2D eigenvalue weighted by molar-refractivity contribution is 0.241. The first-order chi connectivity index (χ1) is 12.9. The third-order valence-corrected chi connectivity index (χ3v) is 5.39. The highest BCUT2D eigenvalue weighted by atomic mass is 16.1. The molecule has 1 aliphatic rings. The van der Waals surface area contributed by atoms with E-state index >= 15 is 0 Å². The summed E-state index contributed by atoms with van der Waals surface area (Å²) in [5.74, 6) is 1.68. The van der Waals surface area contributed by atoms with Gasteiger partial charge >= 0.3 is 0 Å². The van der Waals surface area contributed by atoms with Gasteiger partial charge in [-0.1, -0.05) is 6.07 Å². The van der Waals surface area contributed by atoms with Crippen LogP contribution in [0.2, 0.25) is 0 Å². The Balaban J connectivity index is 1.62. The van der Waals surface area contributed by atoms with E-state index in [0.717, 1.165) is 42.1 Å². The second-order valence-electron chi connectivity index (χ2n) is 7.41. The van der Waals surface area contributed by atoms with Gasteiger partial charge < -0.3 is 9.55 Å². The maximum atomic E-state index is 12.3. The zero-order valence-corrected chi connectivity index (χ0v) is 16.3. The summed E-state index contributed by atoms with van der Waals surface area (Å²) in [4.78, 5) is 26.5. The summed E-state index contributed by atoms with van der Waals surface area (Å²) < 4.78 is 2.22. The fraction of sp³-hybridized carbons (Fsp3) is 0.381. The fourth-order valence-electron chi connectivity index (χ4n) is 4.01. The second-order valence-corrected chi connectivity index (χ2v) is 7.41. The van der Waals surface area contributed by atoms with Gasteiger partial charge in [0.15, 0.2) is 0 Å². The molecule has 140 valence electrons. The lowest BCUT2D eigenvalue weighted by Gasteiger charge is -2.27. The van der Waals surface area contributed by atoms with Crippen molar-refractivity contribution in [3.8, 4) is 5.82 Å². The van der Waals surface area contributed by atoms with Crippen LogP contribution in [0.5, 0.6) is 0 Å². The second kappa shape index (κ2) is 6.78. The molecule has 4 heterocycles. The molecule has 0 saturated heterocycles. The van der Waals surface area contributed by atoms with Crippen molar-refractivity contribution in [2.24, 2.45) is 0 Å². The number of nitrogens with one attached hydrogen (secondary N) is 1. The maximum Gasteiger partial charge on any atom is 0.255 e. The highest BCUT2D eigenvalue weighted by molar-refractivity contribution is 5.41. The van der Waals surface area contributed by atoms with E-state index in [4.69, 9.17) is 0 Å². The summed E-state index contributed by atoms with van der Waals surface area (Å²) in [6.07, 6.45) is 2.65. The third-order valence-electron chi connectivity index (χ3n) is 5.39. The summed E-state index contributed by atoms with van der Waals surface area (Å²) in [6.45, 7) is 10.6. The summed E-state index contributed by atoms with van der Waals surface area (Å²) in [5.41, 5.74) is 6.57. The van der Waals surface area contributed by atoms with E-state index in [9.17, 15) is 4.79 Å². The first kappa shape index (κ1) is 17.7. The zero-order valence-electron chi connectivity index (χ0n) is 16.3. The van der Waals surface area contributed by atoms with Gasteiger partial charge in [0.25, 0.3) is 5.56 Å².